The summed E-state index contributed by atoms with van der Waals surface area (Å²) in [6.45, 7) is 8.02. The molecule has 0 fully saturated rings. The molecular weight excluding hydrogens is 400 g/mol. The van der Waals surface area contributed by atoms with Gasteiger partial charge in [0.15, 0.2) is 0 Å². The molecule has 174 valence electrons. The summed E-state index contributed by atoms with van der Waals surface area (Å²) in [4.78, 5) is 35.5. The van der Waals surface area contributed by atoms with Crippen LogP contribution in [-0.2, 0) is 33.3 Å². The Bertz CT molecular complexity index is 679. The van der Waals surface area contributed by atoms with E-state index in [1.807, 2.05) is 32.9 Å². The van der Waals surface area contributed by atoms with Crippen LogP contribution in [0.5, 0.6) is 0 Å². The zero-order chi connectivity index (χ0) is 23.4. The highest BCUT2D eigenvalue weighted by atomic mass is 16.6. The highest BCUT2D eigenvalue weighted by Crippen LogP contribution is 2.31. The first-order chi connectivity index (χ1) is 14.8. The van der Waals surface area contributed by atoms with Gasteiger partial charge < -0.3 is 18.9 Å². The van der Waals surface area contributed by atoms with E-state index >= 15 is 0 Å². The maximum atomic E-state index is 12.4. The lowest BCUT2D eigenvalue weighted by molar-refractivity contribution is -0.158. The van der Waals surface area contributed by atoms with Gasteiger partial charge in [-0.3, -0.25) is 0 Å². The fourth-order valence-electron chi connectivity index (χ4n) is 3.88. The van der Waals surface area contributed by atoms with Gasteiger partial charge in [0.05, 0.1) is 13.2 Å². The molecule has 0 aliphatic carbocycles. The van der Waals surface area contributed by atoms with Crippen molar-refractivity contribution in [3.8, 4) is 0 Å². The largest absolute Gasteiger partial charge is 0.466 e. The lowest BCUT2D eigenvalue weighted by Crippen LogP contribution is -2.42. The third kappa shape index (κ3) is 8.69. The zero-order valence-corrected chi connectivity index (χ0v) is 19.4. The van der Waals surface area contributed by atoms with Gasteiger partial charge in [-0.1, -0.05) is 39.0 Å². The number of methoxy groups -OCH3 is 2. The van der Waals surface area contributed by atoms with Crippen LogP contribution < -0.4 is 0 Å². The summed E-state index contributed by atoms with van der Waals surface area (Å²) >= 11 is 0. The van der Waals surface area contributed by atoms with Crippen LogP contribution in [-0.4, -0.2) is 50.4 Å². The fourth-order valence-corrected chi connectivity index (χ4v) is 3.88. The van der Waals surface area contributed by atoms with E-state index in [0.29, 0.717) is 6.42 Å². The molecule has 0 radical (unpaired) electrons. The first-order valence-corrected chi connectivity index (χ1v) is 10.8. The minimum atomic E-state index is -0.663. The van der Waals surface area contributed by atoms with Crippen LogP contribution in [0.1, 0.15) is 47.0 Å². The van der Waals surface area contributed by atoms with Crippen molar-refractivity contribution < 1.29 is 33.3 Å². The Morgan fingerprint density at radius 2 is 1.87 bits per heavy atom. The summed E-state index contributed by atoms with van der Waals surface area (Å²) in [5.74, 6) is -1.67. The average Bonchev–Trinajstić information content (AvgIpc) is 2.76. The predicted molar refractivity (Wildman–Crippen MR) is 117 cm³/mol. The third-order valence-electron chi connectivity index (χ3n) is 5.67. The van der Waals surface area contributed by atoms with Gasteiger partial charge in [-0.05, 0) is 25.7 Å². The normalized spacial score (nSPS) is 22.7. The van der Waals surface area contributed by atoms with Crippen LogP contribution in [0, 0.1) is 17.8 Å². The minimum absolute atomic E-state index is 0.0400. The van der Waals surface area contributed by atoms with E-state index in [1.54, 1.807) is 7.11 Å². The molecule has 0 saturated heterocycles. The third-order valence-corrected chi connectivity index (χ3v) is 5.67. The highest BCUT2D eigenvalue weighted by Gasteiger charge is 2.36. The van der Waals surface area contributed by atoms with Gasteiger partial charge in [0.25, 0.3) is 0 Å². The Hall–Kier alpha value is -2.41. The molecule has 0 N–H and O–H groups in total. The van der Waals surface area contributed by atoms with Crippen molar-refractivity contribution in [2.24, 2.45) is 17.8 Å². The van der Waals surface area contributed by atoms with Gasteiger partial charge in [-0.25, -0.2) is 14.4 Å². The molecule has 31 heavy (non-hydrogen) atoms. The summed E-state index contributed by atoms with van der Waals surface area (Å²) in [7, 11) is 2.87. The van der Waals surface area contributed by atoms with Crippen LogP contribution in [0.25, 0.3) is 0 Å². The molecule has 0 aromatic carbocycles. The van der Waals surface area contributed by atoms with E-state index in [9.17, 15) is 14.4 Å². The number of rotatable bonds is 12. The van der Waals surface area contributed by atoms with Gasteiger partial charge in [0.2, 0.25) is 0 Å². The summed E-state index contributed by atoms with van der Waals surface area (Å²) in [6.07, 6.45) is 10.2. The molecule has 0 unspecified atom stereocenters. The molecule has 0 saturated carbocycles. The average molecular weight is 437 g/mol. The van der Waals surface area contributed by atoms with E-state index in [-0.39, 0.29) is 23.9 Å². The van der Waals surface area contributed by atoms with E-state index < -0.39 is 30.1 Å². The minimum Gasteiger partial charge on any atom is -0.466 e. The summed E-state index contributed by atoms with van der Waals surface area (Å²) < 4.78 is 21.6. The molecule has 6 atom stereocenters. The number of ether oxygens (including phenoxy) is 4. The lowest BCUT2D eigenvalue weighted by atomic mass is 9.83. The molecule has 0 aromatic rings. The van der Waals surface area contributed by atoms with Gasteiger partial charge in [-0.2, -0.15) is 0 Å². The Morgan fingerprint density at radius 3 is 2.45 bits per heavy atom. The summed E-state index contributed by atoms with van der Waals surface area (Å²) in [5, 5.41) is 0. The van der Waals surface area contributed by atoms with Crippen molar-refractivity contribution in [2.75, 3.05) is 14.2 Å². The molecule has 1 rings (SSSR count). The van der Waals surface area contributed by atoms with Crippen molar-refractivity contribution in [2.45, 2.75) is 65.3 Å². The van der Waals surface area contributed by atoms with Gasteiger partial charge in [0.1, 0.15) is 12.2 Å². The molecule has 1 aliphatic heterocycles. The number of carbonyl (C=O) groups excluding carboxylic acids is 3. The van der Waals surface area contributed by atoms with Crippen LogP contribution in [0.15, 0.2) is 36.5 Å². The van der Waals surface area contributed by atoms with Crippen molar-refractivity contribution >= 4 is 17.9 Å². The first kappa shape index (κ1) is 26.6. The van der Waals surface area contributed by atoms with Gasteiger partial charge >= 0.3 is 17.9 Å². The monoisotopic (exact) mass is 436 g/mol. The van der Waals surface area contributed by atoms with Crippen LogP contribution >= 0.6 is 0 Å². The van der Waals surface area contributed by atoms with E-state index in [1.165, 1.54) is 13.2 Å². The number of carbonyl (C=O) groups is 3. The van der Waals surface area contributed by atoms with Crippen molar-refractivity contribution in [3.63, 3.8) is 0 Å². The van der Waals surface area contributed by atoms with Crippen LogP contribution in [0.4, 0.5) is 0 Å². The Labute approximate surface area is 185 Å². The Morgan fingerprint density at radius 1 is 1.19 bits per heavy atom. The second-order valence-corrected chi connectivity index (χ2v) is 7.82. The maximum Gasteiger partial charge on any atom is 0.331 e. The standard InChI is InChI=1S/C24H36O7/c1-7-9-10-16(3)24(29-6)17(4)19(30-23(27)14-13-21(25)28-5)15-20-18(8-2)11-12-22(26)31-20/h7,9,11-14,16-20,24H,8,10,15H2,1-6H3/b9-7+,14-13+/t16-,17-,18+,19+,20+,24+/m0/s1. The molecule has 0 spiro atoms. The van der Waals surface area contributed by atoms with Crippen LogP contribution in [0.2, 0.25) is 0 Å². The summed E-state index contributed by atoms with van der Waals surface area (Å²) in [6, 6.07) is 0. The number of cyclic esters (lactones) is 1. The smallest absolute Gasteiger partial charge is 0.331 e. The Kier molecular flexibility index (Phi) is 11.9. The van der Waals surface area contributed by atoms with Crippen LogP contribution in [0.3, 0.4) is 0 Å². The molecule has 7 heteroatoms. The van der Waals surface area contributed by atoms with Gasteiger partial charge in [-0.15, -0.1) is 0 Å². The van der Waals surface area contributed by atoms with Crippen molar-refractivity contribution in [1.82, 2.24) is 0 Å². The quantitative estimate of drug-likeness (QED) is 0.199. The second-order valence-electron chi connectivity index (χ2n) is 7.82. The van der Waals surface area contributed by atoms with Crippen molar-refractivity contribution in [3.05, 3.63) is 36.5 Å². The molecule has 0 bridgehead atoms. The molecule has 1 heterocycles. The SMILES string of the molecule is C/C=C/C[C@H](C)[C@@H](OC)[C@@H](C)[C@@H](C[C@H]1OC(=O)C=C[C@H]1CC)OC(=O)/C=C/C(=O)OC. The van der Waals surface area contributed by atoms with E-state index in [2.05, 4.69) is 17.7 Å². The zero-order valence-electron chi connectivity index (χ0n) is 19.4. The predicted octanol–water partition coefficient (Wildman–Crippen LogP) is 3.78. The fraction of sp³-hybridized carbons (Fsp3) is 0.625. The van der Waals surface area contributed by atoms with Crippen molar-refractivity contribution in [1.29, 1.82) is 0 Å². The number of hydrogen-bond donors (Lipinski definition) is 0. The highest BCUT2D eigenvalue weighted by molar-refractivity contribution is 5.91. The molecule has 0 aromatic heterocycles. The topological polar surface area (TPSA) is 88.1 Å². The molecule has 1 aliphatic rings. The molecule has 0 amide bonds. The maximum absolute atomic E-state index is 12.4. The Balaban J connectivity index is 3.08. The van der Waals surface area contributed by atoms with E-state index in [4.69, 9.17) is 14.2 Å². The number of hydrogen-bond acceptors (Lipinski definition) is 7. The second kappa shape index (κ2) is 13.8. The molecular formula is C24H36O7. The van der Waals surface area contributed by atoms with E-state index in [0.717, 1.165) is 25.0 Å². The number of allylic oxidation sites excluding steroid dienone is 2. The lowest BCUT2D eigenvalue weighted by Gasteiger charge is -2.36. The number of esters is 3. The summed E-state index contributed by atoms with van der Waals surface area (Å²) in [5.41, 5.74) is 0. The first-order valence-electron chi connectivity index (χ1n) is 10.8. The van der Waals surface area contributed by atoms with Gasteiger partial charge in [0, 0.05) is 43.6 Å². The molecule has 7 nitrogen and oxygen atoms in total.